The molecule has 2 aliphatic heterocycles. The molecule has 0 aromatic heterocycles. The summed E-state index contributed by atoms with van der Waals surface area (Å²) in [6, 6.07) is 5.68. The highest BCUT2D eigenvalue weighted by atomic mass is 16.7. The highest BCUT2D eigenvalue weighted by Gasteiger charge is 2.27. The van der Waals surface area contributed by atoms with Crippen molar-refractivity contribution in [1.29, 1.82) is 0 Å². The zero-order valence-electron chi connectivity index (χ0n) is 15.2. The first kappa shape index (κ1) is 18.9. The minimum atomic E-state index is -0.593. The average molecular weight is 365 g/mol. The van der Waals surface area contributed by atoms with Crippen LogP contribution in [0, 0.1) is 5.92 Å². The van der Waals surface area contributed by atoms with E-state index in [-0.39, 0.29) is 25.3 Å². The van der Waals surface area contributed by atoms with Gasteiger partial charge in [0.1, 0.15) is 0 Å². The topological polar surface area (TPSA) is 77.5 Å². The third kappa shape index (κ3) is 5.09. The third-order valence-electron chi connectivity index (χ3n) is 4.61. The quantitative estimate of drug-likeness (QED) is 0.701. The molecule has 2 heterocycles. The Hall–Kier alpha value is -1.83. The zero-order chi connectivity index (χ0) is 18.4. The van der Waals surface area contributed by atoms with E-state index >= 15 is 0 Å². The molecule has 1 saturated heterocycles. The zero-order valence-corrected chi connectivity index (χ0v) is 15.2. The molecule has 1 aromatic rings. The second-order valence-electron chi connectivity index (χ2n) is 6.71. The first-order valence-corrected chi connectivity index (χ1v) is 9.19. The number of hydrogen-bond acceptors (Lipinski definition) is 7. The molecule has 2 atom stereocenters. The molecule has 3 rings (SSSR count). The summed E-state index contributed by atoms with van der Waals surface area (Å²) < 4.78 is 21.4. The van der Waals surface area contributed by atoms with E-state index in [4.69, 9.17) is 18.9 Å². The van der Waals surface area contributed by atoms with Crippen molar-refractivity contribution >= 4 is 5.97 Å². The lowest BCUT2D eigenvalue weighted by Crippen LogP contribution is -2.43. The summed E-state index contributed by atoms with van der Waals surface area (Å²) in [6.45, 7) is 5.14. The maximum absolute atomic E-state index is 11.9. The molecule has 7 heteroatoms. The number of β-amino-alcohol motifs (C(OH)–C–C–N with tert-alkyl or cyclic N) is 1. The molecule has 0 unspecified atom stereocenters. The van der Waals surface area contributed by atoms with Crippen LogP contribution in [0.5, 0.6) is 11.5 Å². The third-order valence-corrected chi connectivity index (χ3v) is 4.61. The first-order valence-electron chi connectivity index (χ1n) is 9.19. The fourth-order valence-corrected chi connectivity index (χ4v) is 3.37. The van der Waals surface area contributed by atoms with Gasteiger partial charge in [-0.25, -0.2) is 0 Å². The van der Waals surface area contributed by atoms with Crippen molar-refractivity contribution in [2.45, 2.75) is 32.5 Å². The van der Waals surface area contributed by atoms with Crippen LogP contribution >= 0.6 is 0 Å². The van der Waals surface area contributed by atoms with Crippen LogP contribution in [0.2, 0.25) is 0 Å². The van der Waals surface area contributed by atoms with Crippen molar-refractivity contribution in [2.24, 2.45) is 5.92 Å². The molecule has 26 heavy (non-hydrogen) atoms. The predicted molar refractivity (Wildman–Crippen MR) is 94.0 cm³/mol. The van der Waals surface area contributed by atoms with Gasteiger partial charge in [-0.15, -0.1) is 0 Å². The molecule has 2 aliphatic rings. The SMILES string of the molecule is CCOC(=O)[C@H]1CCCN(C[C@H](O)COCc2ccc3c(c2)OCO3)C1. The Labute approximate surface area is 153 Å². The Balaban J connectivity index is 1.38. The molecule has 0 saturated carbocycles. The minimum Gasteiger partial charge on any atom is -0.466 e. The maximum Gasteiger partial charge on any atom is 0.310 e. The number of likely N-dealkylation sites (tertiary alicyclic amines) is 1. The smallest absolute Gasteiger partial charge is 0.310 e. The van der Waals surface area contributed by atoms with Crippen LogP contribution in [0.4, 0.5) is 0 Å². The van der Waals surface area contributed by atoms with Crippen molar-refractivity contribution in [2.75, 3.05) is 39.6 Å². The van der Waals surface area contributed by atoms with Gasteiger partial charge < -0.3 is 24.1 Å². The summed E-state index contributed by atoms with van der Waals surface area (Å²) in [4.78, 5) is 14.0. The second kappa shape index (κ2) is 9.21. The number of nitrogens with zero attached hydrogens (tertiary/aromatic N) is 1. The van der Waals surface area contributed by atoms with Crippen molar-refractivity contribution in [1.82, 2.24) is 4.90 Å². The fraction of sp³-hybridized carbons (Fsp3) is 0.632. The number of rotatable bonds is 8. The Bertz CT molecular complexity index is 608. The first-order chi connectivity index (χ1) is 12.7. The molecule has 0 spiro atoms. The Morgan fingerprint density at radius 1 is 1.38 bits per heavy atom. The van der Waals surface area contributed by atoms with Crippen LogP contribution < -0.4 is 9.47 Å². The van der Waals surface area contributed by atoms with Gasteiger partial charge in [0.05, 0.1) is 31.8 Å². The van der Waals surface area contributed by atoms with Gasteiger partial charge >= 0.3 is 5.97 Å². The van der Waals surface area contributed by atoms with Gasteiger partial charge in [-0.1, -0.05) is 6.07 Å². The lowest BCUT2D eigenvalue weighted by atomic mass is 9.98. The highest BCUT2D eigenvalue weighted by Crippen LogP contribution is 2.32. The molecule has 0 aliphatic carbocycles. The van der Waals surface area contributed by atoms with E-state index in [0.29, 0.717) is 26.3 Å². The van der Waals surface area contributed by atoms with Crippen molar-refractivity contribution < 1.29 is 28.8 Å². The van der Waals surface area contributed by atoms with Crippen molar-refractivity contribution in [3.63, 3.8) is 0 Å². The number of ether oxygens (including phenoxy) is 4. The van der Waals surface area contributed by atoms with Gasteiger partial charge in [0.25, 0.3) is 0 Å². The van der Waals surface area contributed by atoms with Crippen LogP contribution in [0.3, 0.4) is 0 Å². The second-order valence-corrected chi connectivity index (χ2v) is 6.71. The fourth-order valence-electron chi connectivity index (χ4n) is 3.37. The van der Waals surface area contributed by atoms with E-state index in [1.54, 1.807) is 0 Å². The summed E-state index contributed by atoms with van der Waals surface area (Å²) in [5.41, 5.74) is 0.974. The normalized spacial score (nSPS) is 20.8. The number of carbonyl (C=O) groups excluding carboxylic acids is 1. The van der Waals surface area contributed by atoms with Gasteiger partial charge in [0.2, 0.25) is 6.79 Å². The predicted octanol–water partition coefficient (Wildman–Crippen LogP) is 1.57. The van der Waals surface area contributed by atoms with Crippen LogP contribution in [-0.2, 0) is 20.9 Å². The van der Waals surface area contributed by atoms with Crippen LogP contribution in [0.1, 0.15) is 25.3 Å². The standard InChI is InChI=1S/C19H27NO6/c1-2-24-19(22)15-4-3-7-20(9-15)10-16(21)12-23-11-14-5-6-17-18(8-14)26-13-25-17/h5-6,8,15-16,21H,2-4,7,9-13H2,1H3/t15-,16-/m0/s1. The lowest BCUT2D eigenvalue weighted by Gasteiger charge is -2.32. The van der Waals surface area contributed by atoms with E-state index < -0.39 is 6.10 Å². The summed E-state index contributed by atoms with van der Waals surface area (Å²) >= 11 is 0. The molecule has 144 valence electrons. The number of aliphatic hydroxyl groups is 1. The molecule has 1 aromatic carbocycles. The van der Waals surface area contributed by atoms with Gasteiger partial charge in [-0.3, -0.25) is 9.69 Å². The molecule has 1 N–H and O–H groups in total. The Kier molecular flexibility index (Phi) is 6.71. The Morgan fingerprint density at radius 2 is 2.23 bits per heavy atom. The molecular weight excluding hydrogens is 338 g/mol. The van der Waals surface area contributed by atoms with Gasteiger partial charge in [-0.05, 0) is 44.0 Å². The number of aliphatic hydroxyl groups excluding tert-OH is 1. The van der Waals surface area contributed by atoms with E-state index in [1.165, 1.54) is 0 Å². The number of fused-ring (bicyclic) bond motifs is 1. The van der Waals surface area contributed by atoms with Gasteiger partial charge in [0, 0.05) is 13.1 Å². The highest BCUT2D eigenvalue weighted by molar-refractivity contribution is 5.72. The van der Waals surface area contributed by atoms with Crippen molar-refractivity contribution in [3.05, 3.63) is 23.8 Å². The average Bonchev–Trinajstić information content (AvgIpc) is 3.10. The monoisotopic (exact) mass is 365 g/mol. The molecule has 0 amide bonds. The summed E-state index contributed by atoms with van der Waals surface area (Å²) in [5.74, 6) is 1.25. The molecular formula is C19H27NO6. The van der Waals surface area contributed by atoms with Gasteiger partial charge in [-0.2, -0.15) is 0 Å². The van der Waals surface area contributed by atoms with Crippen molar-refractivity contribution in [3.8, 4) is 11.5 Å². The van der Waals surface area contributed by atoms with Crippen LogP contribution in [0.15, 0.2) is 18.2 Å². The maximum atomic E-state index is 11.9. The van der Waals surface area contributed by atoms with E-state index in [9.17, 15) is 9.90 Å². The molecule has 0 bridgehead atoms. The summed E-state index contributed by atoms with van der Waals surface area (Å²) in [5, 5.41) is 10.2. The van der Waals surface area contributed by atoms with Gasteiger partial charge in [0.15, 0.2) is 11.5 Å². The van der Waals surface area contributed by atoms with Crippen LogP contribution in [-0.4, -0.2) is 61.7 Å². The summed E-state index contributed by atoms with van der Waals surface area (Å²) in [7, 11) is 0. The number of esters is 1. The number of benzene rings is 1. The lowest BCUT2D eigenvalue weighted by molar-refractivity contribution is -0.150. The molecule has 1 fully saturated rings. The minimum absolute atomic E-state index is 0.0922. The number of carbonyl (C=O) groups is 1. The number of piperidine rings is 1. The van der Waals surface area contributed by atoms with E-state index in [2.05, 4.69) is 4.90 Å². The van der Waals surface area contributed by atoms with E-state index in [0.717, 1.165) is 36.4 Å². The number of hydrogen-bond donors (Lipinski definition) is 1. The van der Waals surface area contributed by atoms with E-state index in [1.807, 2.05) is 25.1 Å². The molecule has 7 nitrogen and oxygen atoms in total. The molecule has 0 radical (unpaired) electrons. The Morgan fingerprint density at radius 3 is 3.08 bits per heavy atom. The largest absolute Gasteiger partial charge is 0.466 e. The summed E-state index contributed by atoms with van der Waals surface area (Å²) in [6.07, 6.45) is 1.20. The van der Waals surface area contributed by atoms with Crippen LogP contribution in [0.25, 0.3) is 0 Å².